The van der Waals surface area contributed by atoms with E-state index in [1.165, 1.54) is 41.5 Å². The van der Waals surface area contributed by atoms with Crippen molar-refractivity contribution in [2.45, 2.75) is 26.3 Å². The van der Waals surface area contributed by atoms with Crippen LogP contribution in [-0.2, 0) is 19.4 Å². The fourth-order valence-corrected chi connectivity index (χ4v) is 5.11. The molecule has 0 spiro atoms. The first kappa shape index (κ1) is 23.7. The molecule has 3 aromatic heterocycles. The molecule has 6 nitrogen and oxygen atoms in total. The number of halogens is 2. The highest BCUT2D eigenvalue weighted by molar-refractivity contribution is 7.13. The molecule has 36 heavy (non-hydrogen) atoms. The summed E-state index contributed by atoms with van der Waals surface area (Å²) in [5.41, 5.74) is 3.08. The van der Waals surface area contributed by atoms with E-state index in [1.54, 1.807) is 37.5 Å². The highest BCUT2D eigenvalue weighted by atomic mass is 32.1. The van der Waals surface area contributed by atoms with Gasteiger partial charge in [-0.05, 0) is 61.1 Å². The van der Waals surface area contributed by atoms with Gasteiger partial charge in [-0.15, -0.1) is 0 Å². The lowest BCUT2D eigenvalue weighted by Gasteiger charge is -2.18. The summed E-state index contributed by atoms with van der Waals surface area (Å²) in [6.45, 7) is 1.93. The molecule has 3 heterocycles. The van der Waals surface area contributed by atoms with Gasteiger partial charge < -0.3 is 4.74 Å². The maximum Gasteiger partial charge on any atom is 0.270 e. The van der Waals surface area contributed by atoms with E-state index in [2.05, 4.69) is 14.5 Å². The van der Waals surface area contributed by atoms with Gasteiger partial charge in [-0.2, -0.15) is 9.47 Å². The van der Waals surface area contributed by atoms with E-state index in [1.807, 2.05) is 12.1 Å². The molecule has 0 aliphatic rings. The second-order valence-electron chi connectivity index (χ2n) is 8.35. The average Bonchev–Trinajstić information content (AvgIpc) is 3.35. The summed E-state index contributed by atoms with van der Waals surface area (Å²) in [5.74, 6) is -0.829. The standard InChI is InChI=1S/C27H22F2N4O2S/c1-16-25(19-7-4-8-22(29)26(19)35-2)20(10-9-17-5-3-6-18(28)13-17)27(34)33(32-16)15-23-21-14-31-36-24(21)11-12-30-23/h3-8,11-14H,9-10,15H2,1-2H3. The van der Waals surface area contributed by atoms with Gasteiger partial charge in [0.2, 0.25) is 0 Å². The number of ether oxygens (including phenoxy) is 1. The first-order chi connectivity index (χ1) is 17.5. The number of fused-ring (bicyclic) bond motifs is 1. The Bertz CT molecular complexity index is 1630. The minimum Gasteiger partial charge on any atom is -0.493 e. The molecule has 2 aromatic carbocycles. The zero-order valence-electron chi connectivity index (χ0n) is 19.7. The molecule has 182 valence electrons. The summed E-state index contributed by atoms with van der Waals surface area (Å²) in [6, 6.07) is 12.7. The zero-order valence-corrected chi connectivity index (χ0v) is 20.5. The summed E-state index contributed by atoms with van der Waals surface area (Å²) in [4.78, 5) is 18.3. The highest BCUT2D eigenvalue weighted by Crippen LogP contribution is 2.35. The number of methoxy groups -OCH3 is 1. The van der Waals surface area contributed by atoms with Crippen molar-refractivity contribution in [3.05, 3.63) is 105 Å². The summed E-state index contributed by atoms with van der Waals surface area (Å²) in [6.07, 6.45) is 4.14. The second kappa shape index (κ2) is 9.94. The minimum atomic E-state index is -0.532. The summed E-state index contributed by atoms with van der Waals surface area (Å²) < 4.78 is 40.3. The molecule has 5 aromatic rings. The lowest BCUT2D eigenvalue weighted by Crippen LogP contribution is -2.29. The van der Waals surface area contributed by atoms with Crippen LogP contribution in [-0.4, -0.2) is 26.2 Å². The Labute approximate surface area is 210 Å². The van der Waals surface area contributed by atoms with Crippen molar-refractivity contribution >= 4 is 21.6 Å². The normalized spacial score (nSPS) is 11.2. The number of rotatable bonds is 7. The molecular weight excluding hydrogens is 482 g/mol. The Balaban J connectivity index is 1.65. The molecule has 0 fully saturated rings. The molecule has 0 aliphatic heterocycles. The number of nitrogens with zero attached hydrogens (tertiary/aromatic N) is 4. The molecule has 0 bridgehead atoms. The van der Waals surface area contributed by atoms with E-state index in [-0.39, 0.29) is 23.7 Å². The molecule has 0 atom stereocenters. The number of aromatic nitrogens is 4. The van der Waals surface area contributed by atoms with Crippen LogP contribution in [0.25, 0.3) is 21.2 Å². The van der Waals surface area contributed by atoms with E-state index in [4.69, 9.17) is 4.74 Å². The SMILES string of the molecule is COc1c(F)cccc1-c1c(C)nn(Cc2nccc3sncc23)c(=O)c1CCc1cccc(F)c1. The Morgan fingerprint density at radius 1 is 1.08 bits per heavy atom. The Morgan fingerprint density at radius 2 is 1.92 bits per heavy atom. The lowest BCUT2D eigenvalue weighted by molar-refractivity contribution is 0.388. The molecule has 0 unspecified atom stereocenters. The number of hydrogen-bond acceptors (Lipinski definition) is 6. The quantitative estimate of drug-likeness (QED) is 0.299. The van der Waals surface area contributed by atoms with Crippen LogP contribution in [0.2, 0.25) is 0 Å². The predicted molar refractivity (Wildman–Crippen MR) is 136 cm³/mol. The smallest absolute Gasteiger partial charge is 0.270 e. The van der Waals surface area contributed by atoms with Crippen LogP contribution < -0.4 is 10.3 Å². The maximum atomic E-state index is 14.6. The molecule has 0 amide bonds. The Hall–Kier alpha value is -3.98. The van der Waals surface area contributed by atoms with Crippen LogP contribution in [0.5, 0.6) is 5.75 Å². The van der Waals surface area contributed by atoms with Crippen LogP contribution in [0, 0.1) is 18.6 Å². The number of para-hydroxylation sites is 1. The molecule has 0 saturated carbocycles. The van der Waals surface area contributed by atoms with E-state index in [0.29, 0.717) is 40.9 Å². The van der Waals surface area contributed by atoms with Crippen molar-refractivity contribution < 1.29 is 13.5 Å². The molecule has 0 saturated heterocycles. The van der Waals surface area contributed by atoms with Crippen LogP contribution in [0.1, 0.15) is 22.5 Å². The van der Waals surface area contributed by atoms with Gasteiger partial charge in [-0.3, -0.25) is 9.78 Å². The number of benzene rings is 2. The molecule has 5 rings (SSSR count). The van der Waals surface area contributed by atoms with E-state index in [0.717, 1.165) is 15.6 Å². The van der Waals surface area contributed by atoms with Gasteiger partial charge in [0, 0.05) is 28.3 Å². The first-order valence-corrected chi connectivity index (χ1v) is 12.1. The number of aryl methyl sites for hydroxylation is 2. The predicted octanol–water partition coefficient (Wildman–Crippen LogP) is 5.34. The largest absolute Gasteiger partial charge is 0.493 e. The Morgan fingerprint density at radius 3 is 2.72 bits per heavy atom. The van der Waals surface area contributed by atoms with Gasteiger partial charge in [-0.25, -0.2) is 13.5 Å². The number of hydrogen-bond donors (Lipinski definition) is 0. The lowest BCUT2D eigenvalue weighted by atomic mass is 9.94. The van der Waals surface area contributed by atoms with Crippen LogP contribution in [0.3, 0.4) is 0 Å². The van der Waals surface area contributed by atoms with Crippen molar-refractivity contribution in [1.82, 2.24) is 19.1 Å². The van der Waals surface area contributed by atoms with Crippen molar-refractivity contribution in [3.8, 4) is 16.9 Å². The summed E-state index contributed by atoms with van der Waals surface area (Å²) in [7, 11) is 1.39. The molecule has 0 N–H and O–H groups in total. The topological polar surface area (TPSA) is 69.9 Å². The van der Waals surface area contributed by atoms with E-state index in [9.17, 15) is 13.6 Å². The molecule has 0 radical (unpaired) electrons. The maximum absolute atomic E-state index is 14.6. The third kappa shape index (κ3) is 4.49. The van der Waals surface area contributed by atoms with Crippen molar-refractivity contribution in [1.29, 1.82) is 0 Å². The van der Waals surface area contributed by atoms with Crippen LogP contribution in [0.15, 0.2) is 65.7 Å². The fourth-order valence-electron chi connectivity index (χ4n) is 4.45. The first-order valence-electron chi connectivity index (χ1n) is 11.3. The Kier molecular flexibility index (Phi) is 6.56. The van der Waals surface area contributed by atoms with Gasteiger partial charge in [0.1, 0.15) is 5.82 Å². The fraction of sp³-hybridized carbons (Fsp3) is 0.185. The third-order valence-electron chi connectivity index (χ3n) is 6.09. The van der Waals surface area contributed by atoms with Gasteiger partial charge >= 0.3 is 0 Å². The second-order valence-corrected chi connectivity index (χ2v) is 9.18. The van der Waals surface area contributed by atoms with Crippen molar-refractivity contribution in [3.63, 3.8) is 0 Å². The van der Waals surface area contributed by atoms with Crippen molar-refractivity contribution in [2.75, 3.05) is 7.11 Å². The summed E-state index contributed by atoms with van der Waals surface area (Å²) >= 11 is 1.36. The van der Waals surface area contributed by atoms with Crippen molar-refractivity contribution in [2.24, 2.45) is 0 Å². The van der Waals surface area contributed by atoms with Gasteiger partial charge in [-0.1, -0.05) is 24.3 Å². The van der Waals surface area contributed by atoms with Gasteiger partial charge in [0.25, 0.3) is 5.56 Å². The third-order valence-corrected chi connectivity index (χ3v) is 6.85. The highest BCUT2D eigenvalue weighted by Gasteiger charge is 2.22. The molecular formula is C27H22F2N4O2S. The van der Waals surface area contributed by atoms with Crippen LogP contribution in [0.4, 0.5) is 8.78 Å². The van der Waals surface area contributed by atoms with Gasteiger partial charge in [0.05, 0.1) is 35.9 Å². The number of pyridine rings is 1. The molecule has 0 aliphatic carbocycles. The summed E-state index contributed by atoms with van der Waals surface area (Å²) in [5, 5.41) is 5.45. The zero-order chi connectivity index (χ0) is 25.2. The van der Waals surface area contributed by atoms with Gasteiger partial charge in [0.15, 0.2) is 11.6 Å². The monoisotopic (exact) mass is 504 g/mol. The van der Waals surface area contributed by atoms with Crippen LogP contribution >= 0.6 is 11.5 Å². The average molecular weight is 505 g/mol. The molecule has 9 heteroatoms. The minimum absolute atomic E-state index is 0.0438. The van der Waals surface area contributed by atoms with E-state index < -0.39 is 5.82 Å². The van der Waals surface area contributed by atoms with E-state index >= 15 is 0 Å².